The van der Waals surface area contributed by atoms with Crippen LogP contribution < -0.4 is 36.6 Å². The van der Waals surface area contributed by atoms with Gasteiger partial charge >= 0.3 is 45.2 Å². The monoisotopic (exact) mass is 706 g/mol. The maximum Gasteiger partial charge on any atom is 0.135 e. The average Bonchev–Trinajstić information content (AvgIpc) is 3.18. The van der Waals surface area contributed by atoms with Gasteiger partial charge < -0.3 is 4.74 Å². The minimum absolute atomic E-state index is 0. The maximum atomic E-state index is 7.50. The van der Waals surface area contributed by atoms with Crippen LogP contribution in [-0.2, 0) is 35.7 Å². The van der Waals surface area contributed by atoms with E-state index in [9.17, 15) is 0 Å². The van der Waals surface area contributed by atoms with Gasteiger partial charge in [0.15, 0.2) is 0 Å². The van der Waals surface area contributed by atoms with Gasteiger partial charge in [0.05, 0.1) is 0 Å². The molecule has 0 saturated heterocycles. The summed E-state index contributed by atoms with van der Waals surface area (Å²) >= 11 is 0. The third-order valence-electron chi connectivity index (χ3n) is 6.49. The zero-order valence-electron chi connectivity index (χ0n) is 25.5. The van der Waals surface area contributed by atoms with E-state index in [0.29, 0.717) is 0 Å². The number of hydrogen-bond acceptors (Lipinski definition) is 1. The minimum atomic E-state index is -0.795. The summed E-state index contributed by atoms with van der Waals surface area (Å²) in [5, 5.41) is 7.64. The molecule has 6 aromatic carbocycles. The van der Waals surface area contributed by atoms with Crippen LogP contribution in [-0.4, -0.2) is 0 Å². The summed E-state index contributed by atoms with van der Waals surface area (Å²) in [7, 11) is -1.59. The zero-order valence-corrected chi connectivity index (χ0v) is 28.3. The predicted molar refractivity (Wildman–Crippen MR) is 186 cm³/mol. The van der Waals surface area contributed by atoms with Gasteiger partial charge in [0.25, 0.3) is 0 Å². The van der Waals surface area contributed by atoms with E-state index in [1.165, 1.54) is 31.8 Å². The number of para-hydroxylation sites is 2. The van der Waals surface area contributed by atoms with Crippen LogP contribution in [0.5, 0.6) is 11.5 Å². The summed E-state index contributed by atoms with van der Waals surface area (Å²) in [6.45, 7) is 18.0. The van der Waals surface area contributed by atoms with Gasteiger partial charge in [-0.25, -0.2) is 0 Å². The van der Waals surface area contributed by atoms with Crippen molar-refractivity contribution in [2.75, 3.05) is 0 Å². The molecule has 6 rings (SSSR count). The fraction of sp³-hybridized carbons (Fsp3) is 0. The Morgan fingerprint density at radius 1 is 0.312 bits per heavy atom. The van der Waals surface area contributed by atoms with Crippen LogP contribution in [0.3, 0.4) is 0 Å². The molecule has 0 aliphatic heterocycles. The summed E-state index contributed by atoms with van der Waals surface area (Å²) in [6.07, 6.45) is 0. The van der Waals surface area contributed by atoms with E-state index in [1.54, 1.807) is 0 Å². The van der Waals surface area contributed by atoms with Gasteiger partial charge in [-0.1, -0.05) is 158 Å². The smallest absolute Gasteiger partial charge is 0.135 e. The van der Waals surface area contributed by atoms with Crippen LogP contribution in [0.15, 0.2) is 170 Å². The van der Waals surface area contributed by atoms with Gasteiger partial charge in [-0.05, 0) is 49.2 Å². The largest absolute Gasteiger partial charge is 0.456 e. The van der Waals surface area contributed by atoms with Crippen molar-refractivity contribution in [2.24, 2.45) is 0 Å². The molecule has 0 aromatic heterocycles. The Kier molecular flexibility index (Phi) is 21.3. The molecule has 0 spiro atoms. The Morgan fingerprint density at radius 2 is 0.521 bits per heavy atom. The van der Waals surface area contributed by atoms with Gasteiger partial charge in [-0.15, -0.1) is 0 Å². The SMILES string of the molecule is [C-]#[O+].[C-]#[O+].[C-]#[O+].[C-]#[O+].[Fe].c1ccc(P(c2ccccc2)c2ccccc2Oc2ccccc2P(c2ccccc2)c2ccccc2)cc1. The Morgan fingerprint density at radius 3 is 0.771 bits per heavy atom. The molecule has 0 radical (unpaired) electrons. The molecule has 6 aromatic rings. The zero-order chi connectivity index (χ0) is 34.3. The molecular formula is C40H28FeO5P2. The summed E-state index contributed by atoms with van der Waals surface area (Å²) in [5.41, 5.74) is 0. The first-order chi connectivity index (χ1) is 23.4. The normalized spacial score (nSPS) is 9.12. The molecule has 8 heteroatoms. The van der Waals surface area contributed by atoms with Gasteiger partial charge in [0.1, 0.15) is 11.5 Å². The number of hydrogen-bond donors (Lipinski definition) is 0. The van der Waals surface area contributed by atoms with Crippen molar-refractivity contribution in [1.82, 2.24) is 0 Å². The van der Waals surface area contributed by atoms with E-state index in [2.05, 4.69) is 196 Å². The molecule has 0 amide bonds. The molecule has 0 atom stereocenters. The first-order valence-corrected chi connectivity index (χ1v) is 16.5. The molecule has 0 heterocycles. The van der Waals surface area contributed by atoms with Crippen molar-refractivity contribution < 1.29 is 40.4 Å². The van der Waals surface area contributed by atoms with Crippen molar-refractivity contribution >= 4 is 47.7 Å². The molecule has 5 nitrogen and oxygen atoms in total. The summed E-state index contributed by atoms with van der Waals surface area (Å²) in [5.74, 6) is 1.81. The average molecular weight is 706 g/mol. The molecule has 0 bridgehead atoms. The van der Waals surface area contributed by atoms with E-state index >= 15 is 0 Å². The molecule has 0 N–H and O–H groups in total. The summed E-state index contributed by atoms with van der Waals surface area (Å²) in [6, 6.07) is 60.2. The third kappa shape index (κ3) is 11.3. The topological polar surface area (TPSA) is 88.8 Å². The standard InChI is InChI=1S/C36H28OP2.4CO.Fe/c1-5-17-29(18-6-1)38(30-19-7-2-8-20-30)35-27-15-13-25-33(35)37-34-26-14-16-28-36(34)39(31-21-9-3-10-22-31)32-23-11-4-12-24-32;4*1-2;/h1-28H;;;;;. The number of rotatable bonds is 8. The van der Waals surface area contributed by atoms with Crippen molar-refractivity contribution in [2.45, 2.75) is 0 Å². The van der Waals surface area contributed by atoms with Gasteiger partial charge in [-0.2, -0.15) is 0 Å². The molecule has 0 aliphatic rings. The fourth-order valence-corrected chi connectivity index (χ4v) is 9.48. The van der Waals surface area contributed by atoms with Crippen LogP contribution >= 0.6 is 15.8 Å². The first-order valence-electron chi connectivity index (χ1n) is 13.9. The van der Waals surface area contributed by atoms with Crippen molar-refractivity contribution in [3.63, 3.8) is 0 Å². The first kappa shape index (κ1) is 41.5. The second-order valence-electron chi connectivity index (χ2n) is 9.05. The van der Waals surface area contributed by atoms with Gasteiger partial charge in [0, 0.05) is 27.7 Å². The number of benzene rings is 6. The Balaban J connectivity index is 0.00000119. The predicted octanol–water partition coefficient (Wildman–Crippen LogP) is 6.84. The van der Waals surface area contributed by atoms with E-state index in [-0.39, 0.29) is 17.1 Å². The van der Waals surface area contributed by atoms with E-state index < -0.39 is 15.8 Å². The molecule has 48 heavy (non-hydrogen) atoms. The Bertz CT molecular complexity index is 1600. The van der Waals surface area contributed by atoms with Crippen molar-refractivity contribution in [3.8, 4) is 11.5 Å². The van der Waals surface area contributed by atoms with Crippen LogP contribution in [0.2, 0.25) is 0 Å². The van der Waals surface area contributed by atoms with E-state index in [1.807, 2.05) is 0 Å². The molecule has 0 fully saturated rings. The molecular weight excluding hydrogens is 678 g/mol. The van der Waals surface area contributed by atoms with Crippen LogP contribution in [0.4, 0.5) is 0 Å². The third-order valence-corrected chi connectivity index (χ3v) is 11.5. The molecule has 0 aliphatic carbocycles. The molecule has 0 saturated carbocycles. The quantitative estimate of drug-likeness (QED) is 0.0738. The second kappa shape index (κ2) is 24.6. The Hall–Kier alpha value is -4.54. The Labute approximate surface area is 294 Å². The summed E-state index contributed by atoms with van der Waals surface area (Å²) in [4.78, 5) is 0. The minimum Gasteiger partial charge on any atom is -0.456 e. The maximum absolute atomic E-state index is 7.50. The van der Waals surface area contributed by atoms with Crippen molar-refractivity contribution in [3.05, 3.63) is 196 Å². The molecule has 0 unspecified atom stereocenters. The second-order valence-corrected chi connectivity index (χ2v) is 13.4. The number of ether oxygens (including phenoxy) is 1. The molecule has 236 valence electrons. The van der Waals surface area contributed by atoms with Crippen LogP contribution in [0.25, 0.3) is 0 Å². The van der Waals surface area contributed by atoms with E-state index in [0.717, 1.165) is 11.5 Å². The van der Waals surface area contributed by atoms with Gasteiger partial charge in [0.2, 0.25) is 0 Å². The fourth-order valence-electron chi connectivity index (χ4n) is 4.74. The van der Waals surface area contributed by atoms with Crippen LogP contribution in [0.1, 0.15) is 0 Å². The van der Waals surface area contributed by atoms with Gasteiger partial charge in [-0.3, -0.25) is 0 Å². The van der Waals surface area contributed by atoms with Crippen LogP contribution in [0, 0.1) is 26.6 Å². The van der Waals surface area contributed by atoms with E-state index in [4.69, 9.17) is 23.3 Å². The summed E-state index contributed by atoms with van der Waals surface area (Å²) < 4.78 is 36.9. The van der Waals surface area contributed by atoms with Crippen molar-refractivity contribution in [1.29, 1.82) is 0 Å².